The van der Waals surface area contributed by atoms with Crippen LogP contribution in [0.4, 0.5) is 4.39 Å². The number of likely N-dealkylation sites (tertiary alicyclic amines) is 1. The molecule has 3 rings (SSSR count). The van der Waals surface area contributed by atoms with Gasteiger partial charge in [-0.2, -0.15) is 0 Å². The Labute approximate surface area is 115 Å². The van der Waals surface area contributed by atoms with Gasteiger partial charge in [0.25, 0.3) is 5.91 Å². The number of nitrogens with zero attached hydrogens (tertiary/aromatic N) is 5. The van der Waals surface area contributed by atoms with Gasteiger partial charge in [0.15, 0.2) is 5.82 Å². The van der Waals surface area contributed by atoms with E-state index in [-0.39, 0.29) is 17.5 Å². The third-order valence-corrected chi connectivity index (χ3v) is 3.51. The van der Waals surface area contributed by atoms with E-state index in [2.05, 4.69) is 15.3 Å². The molecular formula is C13H14FN5O. The first kappa shape index (κ1) is 12.7. The highest BCUT2D eigenvalue weighted by Crippen LogP contribution is 2.22. The second-order valence-electron chi connectivity index (χ2n) is 4.78. The third-order valence-electron chi connectivity index (χ3n) is 3.51. The summed E-state index contributed by atoms with van der Waals surface area (Å²) in [5, 5.41) is 7.66. The molecule has 2 aromatic rings. The smallest absolute Gasteiger partial charge is 0.257 e. The molecule has 1 fully saturated rings. The van der Waals surface area contributed by atoms with Crippen molar-refractivity contribution in [2.75, 3.05) is 6.54 Å². The molecule has 0 aliphatic carbocycles. The molecular weight excluding hydrogens is 261 g/mol. The standard InChI is InChI=1S/C13H14FN5O/c14-12-8-15-4-3-11(12)13(20)19-6-1-2-10(19)9-18-7-5-16-17-18/h3-5,7-8,10H,1-2,6,9H2/t10-/m0/s1. The van der Waals surface area contributed by atoms with Crippen molar-refractivity contribution in [3.05, 3.63) is 42.2 Å². The Kier molecular flexibility index (Phi) is 3.41. The average molecular weight is 275 g/mol. The van der Waals surface area contributed by atoms with Gasteiger partial charge in [0, 0.05) is 18.9 Å². The van der Waals surface area contributed by atoms with E-state index in [9.17, 15) is 9.18 Å². The third kappa shape index (κ3) is 2.38. The largest absolute Gasteiger partial charge is 0.334 e. The Balaban J connectivity index is 1.78. The lowest BCUT2D eigenvalue weighted by molar-refractivity contribution is 0.0716. The number of amides is 1. The maximum Gasteiger partial charge on any atom is 0.257 e. The van der Waals surface area contributed by atoms with Crippen molar-refractivity contribution in [3.8, 4) is 0 Å². The molecule has 1 atom stereocenters. The van der Waals surface area contributed by atoms with Crippen molar-refractivity contribution in [1.29, 1.82) is 0 Å². The fraction of sp³-hybridized carbons (Fsp3) is 0.385. The summed E-state index contributed by atoms with van der Waals surface area (Å²) in [6.07, 6.45) is 7.66. The van der Waals surface area contributed by atoms with Crippen LogP contribution in [0.25, 0.3) is 0 Å². The molecule has 20 heavy (non-hydrogen) atoms. The first-order valence-electron chi connectivity index (χ1n) is 6.50. The van der Waals surface area contributed by atoms with Crippen LogP contribution in [0.1, 0.15) is 23.2 Å². The summed E-state index contributed by atoms with van der Waals surface area (Å²) in [6, 6.07) is 1.44. The number of aromatic nitrogens is 4. The van der Waals surface area contributed by atoms with Gasteiger partial charge in [0.2, 0.25) is 0 Å². The van der Waals surface area contributed by atoms with Gasteiger partial charge in [-0.05, 0) is 18.9 Å². The number of hydrogen-bond donors (Lipinski definition) is 0. The van der Waals surface area contributed by atoms with Crippen molar-refractivity contribution >= 4 is 5.91 Å². The van der Waals surface area contributed by atoms with E-state index in [0.717, 1.165) is 19.0 Å². The molecule has 0 spiro atoms. The molecule has 2 aromatic heterocycles. The molecule has 1 aliphatic rings. The van der Waals surface area contributed by atoms with Gasteiger partial charge in [0.05, 0.1) is 30.5 Å². The monoisotopic (exact) mass is 275 g/mol. The van der Waals surface area contributed by atoms with E-state index in [1.165, 1.54) is 12.3 Å². The number of halogens is 1. The molecule has 1 aliphatic heterocycles. The predicted octanol–water partition coefficient (Wildman–Crippen LogP) is 1.12. The van der Waals surface area contributed by atoms with Gasteiger partial charge in [-0.1, -0.05) is 5.21 Å². The summed E-state index contributed by atoms with van der Waals surface area (Å²) < 4.78 is 15.4. The van der Waals surface area contributed by atoms with Crippen molar-refractivity contribution in [1.82, 2.24) is 24.9 Å². The first-order chi connectivity index (χ1) is 9.75. The van der Waals surface area contributed by atoms with E-state index in [1.807, 2.05) is 0 Å². The van der Waals surface area contributed by atoms with Crippen molar-refractivity contribution in [2.24, 2.45) is 0 Å². The van der Waals surface area contributed by atoms with Crippen LogP contribution < -0.4 is 0 Å². The summed E-state index contributed by atoms with van der Waals surface area (Å²) in [4.78, 5) is 17.8. The van der Waals surface area contributed by atoms with Crippen molar-refractivity contribution in [3.63, 3.8) is 0 Å². The summed E-state index contributed by atoms with van der Waals surface area (Å²) in [5.74, 6) is -0.864. The lowest BCUT2D eigenvalue weighted by atomic mass is 10.2. The minimum absolute atomic E-state index is 0.0248. The zero-order chi connectivity index (χ0) is 13.9. The molecule has 7 heteroatoms. The van der Waals surface area contributed by atoms with Crippen LogP contribution in [-0.4, -0.2) is 43.4 Å². The Bertz CT molecular complexity index is 601. The molecule has 1 amide bonds. The topological polar surface area (TPSA) is 63.9 Å². The van der Waals surface area contributed by atoms with E-state index in [0.29, 0.717) is 13.1 Å². The molecule has 6 nitrogen and oxygen atoms in total. The second-order valence-corrected chi connectivity index (χ2v) is 4.78. The average Bonchev–Trinajstić information content (AvgIpc) is 3.11. The Hall–Kier alpha value is -2.31. The number of rotatable bonds is 3. The highest BCUT2D eigenvalue weighted by molar-refractivity contribution is 5.94. The molecule has 3 heterocycles. The van der Waals surface area contributed by atoms with Gasteiger partial charge < -0.3 is 4.90 Å². The molecule has 104 valence electrons. The maximum absolute atomic E-state index is 13.7. The quantitative estimate of drug-likeness (QED) is 0.842. The molecule has 0 radical (unpaired) electrons. The lowest BCUT2D eigenvalue weighted by Gasteiger charge is -2.24. The van der Waals surface area contributed by atoms with Crippen LogP contribution in [-0.2, 0) is 6.54 Å². The fourth-order valence-electron chi connectivity index (χ4n) is 2.54. The number of hydrogen-bond acceptors (Lipinski definition) is 4. The summed E-state index contributed by atoms with van der Waals surface area (Å²) in [7, 11) is 0. The normalized spacial score (nSPS) is 18.4. The molecule has 1 saturated heterocycles. The minimum Gasteiger partial charge on any atom is -0.334 e. The summed E-state index contributed by atoms with van der Waals surface area (Å²) in [5.41, 5.74) is 0.0745. The Morgan fingerprint density at radius 1 is 1.45 bits per heavy atom. The maximum atomic E-state index is 13.7. The molecule has 0 bridgehead atoms. The minimum atomic E-state index is -0.580. The fourth-order valence-corrected chi connectivity index (χ4v) is 2.54. The van der Waals surface area contributed by atoms with E-state index >= 15 is 0 Å². The highest BCUT2D eigenvalue weighted by Gasteiger charge is 2.31. The van der Waals surface area contributed by atoms with Gasteiger partial charge in [-0.15, -0.1) is 5.10 Å². The number of pyridine rings is 1. The number of carbonyl (C=O) groups is 1. The van der Waals surface area contributed by atoms with Gasteiger partial charge in [-0.25, -0.2) is 4.39 Å². The Morgan fingerprint density at radius 3 is 3.10 bits per heavy atom. The zero-order valence-electron chi connectivity index (χ0n) is 10.8. The summed E-state index contributed by atoms with van der Waals surface area (Å²) >= 11 is 0. The van der Waals surface area contributed by atoms with E-state index in [4.69, 9.17) is 0 Å². The van der Waals surface area contributed by atoms with Gasteiger partial charge in [0.1, 0.15) is 0 Å². The van der Waals surface area contributed by atoms with Gasteiger partial charge >= 0.3 is 0 Å². The Morgan fingerprint density at radius 2 is 2.35 bits per heavy atom. The van der Waals surface area contributed by atoms with Crippen molar-refractivity contribution < 1.29 is 9.18 Å². The van der Waals surface area contributed by atoms with Crippen LogP contribution in [0.5, 0.6) is 0 Å². The van der Waals surface area contributed by atoms with Crippen LogP contribution in [0, 0.1) is 5.82 Å². The zero-order valence-corrected chi connectivity index (χ0v) is 10.8. The molecule has 0 unspecified atom stereocenters. The molecule has 0 saturated carbocycles. The predicted molar refractivity (Wildman–Crippen MR) is 68.3 cm³/mol. The number of carbonyl (C=O) groups excluding carboxylic acids is 1. The van der Waals surface area contributed by atoms with E-state index in [1.54, 1.807) is 22.0 Å². The lowest BCUT2D eigenvalue weighted by Crippen LogP contribution is -2.38. The van der Waals surface area contributed by atoms with Crippen LogP contribution in [0.2, 0.25) is 0 Å². The first-order valence-corrected chi connectivity index (χ1v) is 6.50. The van der Waals surface area contributed by atoms with Crippen LogP contribution >= 0.6 is 0 Å². The molecule has 0 N–H and O–H groups in total. The highest BCUT2D eigenvalue weighted by atomic mass is 19.1. The molecule has 0 aromatic carbocycles. The SMILES string of the molecule is O=C(c1ccncc1F)N1CCC[C@H]1Cn1ccnn1. The summed E-state index contributed by atoms with van der Waals surface area (Å²) in [6.45, 7) is 1.22. The van der Waals surface area contributed by atoms with Gasteiger partial charge in [-0.3, -0.25) is 14.5 Å². The van der Waals surface area contributed by atoms with E-state index < -0.39 is 5.82 Å². The van der Waals surface area contributed by atoms with Crippen molar-refractivity contribution in [2.45, 2.75) is 25.4 Å². The second kappa shape index (κ2) is 5.36. The van der Waals surface area contributed by atoms with Crippen LogP contribution in [0.3, 0.4) is 0 Å². The van der Waals surface area contributed by atoms with Crippen LogP contribution in [0.15, 0.2) is 30.9 Å².